The van der Waals surface area contributed by atoms with E-state index in [9.17, 15) is 0 Å². The monoisotopic (exact) mass is 458 g/mol. The van der Waals surface area contributed by atoms with Crippen LogP contribution in [-0.2, 0) is 34.2 Å². The van der Waals surface area contributed by atoms with Gasteiger partial charge in [0.25, 0.3) is 0 Å². The standard InChI is InChI=1S/C16H17N4.Ir/c1-11-6-5-7-12(2)15(11)13-9-18-16(20(13)4)14-8-17-10-19(14)3;/h5-7,9-10H,1-4H3;/q-1;. The van der Waals surface area contributed by atoms with Gasteiger partial charge in [0.15, 0.2) is 0 Å². The van der Waals surface area contributed by atoms with Crippen molar-refractivity contribution in [3.63, 3.8) is 0 Å². The first-order chi connectivity index (χ1) is 9.59. The van der Waals surface area contributed by atoms with E-state index in [1.165, 1.54) is 16.7 Å². The zero-order valence-corrected chi connectivity index (χ0v) is 14.9. The molecule has 0 bridgehead atoms. The molecule has 3 aromatic rings. The first-order valence-electron chi connectivity index (χ1n) is 6.57. The molecule has 1 radical (unpaired) electrons. The number of rotatable bonds is 2. The van der Waals surface area contributed by atoms with E-state index in [0.717, 1.165) is 17.2 Å². The Bertz CT molecular complexity index is 750. The molecule has 0 atom stereocenters. The van der Waals surface area contributed by atoms with Crippen molar-refractivity contribution in [2.75, 3.05) is 0 Å². The van der Waals surface area contributed by atoms with Crippen LogP contribution in [0.25, 0.3) is 22.8 Å². The van der Waals surface area contributed by atoms with Crippen LogP contribution in [0.1, 0.15) is 11.1 Å². The SMILES string of the molecule is Cc1cccc(C)c1-c1cnc(-c2[c-]ncn2C)n1C.[Ir]. The second-order valence-electron chi connectivity index (χ2n) is 5.11. The molecule has 0 saturated carbocycles. The van der Waals surface area contributed by atoms with E-state index in [1.807, 2.05) is 24.9 Å². The molecule has 1 aromatic carbocycles. The maximum Gasteiger partial charge on any atom is 0.0563 e. The molecule has 0 aliphatic rings. The molecule has 111 valence electrons. The van der Waals surface area contributed by atoms with Crippen LogP contribution in [0.15, 0.2) is 30.7 Å². The predicted octanol–water partition coefficient (Wildman–Crippen LogP) is 2.90. The quantitative estimate of drug-likeness (QED) is 0.555. The van der Waals surface area contributed by atoms with Gasteiger partial charge in [0.05, 0.1) is 11.5 Å². The molecule has 3 rings (SSSR count). The summed E-state index contributed by atoms with van der Waals surface area (Å²) in [6.45, 7) is 4.26. The maximum absolute atomic E-state index is 4.55. The molecule has 0 saturated heterocycles. The third-order valence-corrected chi connectivity index (χ3v) is 3.69. The topological polar surface area (TPSA) is 35.6 Å². The number of nitrogens with zero attached hydrogens (tertiary/aromatic N) is 4. The average molecular weight is 458 g/mol. The molecular formula is C16H17IrN4-. The number of hydrogen-bond donors (Lipinski definition) is 0. The minimum absolute atomic E-state index is 0. The molecule has 21 heavy (non-hydrogen) atoms. The van der Waals surface area contributed by atoms with Crippen molar-refractivity contribution in [2.24, 2.45) is 14.1 Å². The molecule has 2 heterocycles. The van der Waals surface area contributed by atoms with Crippen molar-refractivity contribution in [2.45, 2.75) is 13.8 Å². The fourth-order valence-electron chi connectivity index (χ4n) is 2.60. The van der Waals surface area contributed by atoms with Gasteiger partial charge in [0, 0.05) is 38.9 Å². The van der Waals surface area contributed by atoms with E-state index in [2.05, 4.69) is 52.8 Å². The largest absolute Gasteiger partial charge is 0.404 e. The van der Waals surface area contributed by atoms with Crippen molar-refractivity contribution < 1.29 is 20.1 Å². The molecule has 0 fully saturated rings. The summed E-state index contributed by atoms with van der Waals surface area (Å²) in [7, 11) is 3.98. The zero-order valence-electron chi connectivity index (χ0n) is 12.5. The van der Waals surface area contributed by atoms with Gasteiger partial charge in [-0.2, -0.15) is 0 Å². The third kappa shape index (κ3) is 2.59. The van der Waals surface area contributed by atoms with Gasteiger partial charge in [-0.05, 0) is 44.0 Å². The Morgan fingerprint density at radius 2 is 1.76 bits per heavy atom. The van der Waals surface area contributed by atoms with Crippen molar-refractivity contribution in [1.82, 2.24) is 19.1 Å². The maximum atomic E-state index is 4.55. The van der Waals surface area contributed by atoms with Crippen molar-refractivity contribution >= 4 is 0 Å². The average Bonchev–Trinajstić information content (AvgIpc) is 2.97. The van der Waals surface area contributed by atoms with Crippen LogP contribution >= 0.6 is 0 Å². The molecule has 4 nitrogen and oxygen atoms in total. The smallest absolute Gasteiger partial charge is 0.0563 e. The van der Waals surface area contributed by atoms with Crippen LogP contribution in [0.2, 0.25) is 0 Å². The second kappa shape index (κ2) is 5.96. The van der Waals surface area contributed by atoms with E-state index in [-0.39, 0.29) is 20.1 Å². The second-order valence-corrected chi connectivity index (χ2v) is 5.11. The number of aromatic nitrogens is 4. The Kier molecular flexibility index (Phi) is 4.45. The van der Waals surface area contributed by atoms with Crippen molar-refractivity contribution in [3.8, 4) is 22.8 Å². The van der Waals surface area contributed by atoms with E-state index in [0.29, 0.717) is 0 Å². The van der Waals surface area contributed by atoms with Gasteiger partial charge in [-0.15, -0.1) is 0 Å². The number of aryl methyl sites for hydroxylation is 3. The minimum atomic E-state index is 0. The number of hydrogen-bond acceptors (Lipinski definition) is 2. The molecule has 0 unspecified atom stereocenters. The van der Waals surface area contributed by atoms with E-state index in [4.69, 9.17) is 0 Å². The van der Waals surface area contributed by atoms with E-state index < -0.39 is 0 Å². The Hall–Kier alpha value is -1.71. The molecular weight excluding hydrogens is 440 g/mol. The predicted molar refractivity (Wildman–Crippen MR) is 79.2 cm³/mol. The summed E-state index contributed by atoms with van der Waals surface area (Å²) in [6, 6.07) is 6.34. The summed E-state index contributed by atoms with van der Waals surface area (Å²) >= 11 is 0. The first kappa shape index (κ1) is 15.7. The summed E-state index contributed by atoms with van der Waals surface area (Å²) in [5, 5.41) is 0. The number of benzene rings is 1. The van der Waals surface area contributed by atoms with Gasteiger partial charge >= 0.3 is 0 Å². The summed E-state index contributed by atoms with van der Waals surface area (Å²) in [5.74, 6) is 0.877. The van der Waals surface area contributed by atoms with Gasteiger partial charge in [0.1, 0.15) is 0 Å². The molecule has 0 spiro atoms. The Morgan fingerprint density at radius 3 is 2.33 bits per heavy atom. The van der Waals surface area contributed by atoms with Gasteiger partial charge in [-0.25, -0.2) is 0 Å². The van der Waals surface area contributed by atoms with Gasteiger partial charge in [-0.1, -0.05) is 24.4 Å². The molecule has 0 aliphatic carbocycles. The molecule has 0 amide bonds. The van der Waals surface area contributed by atoms with Crippen LogP contribution in [0.3, 0.4) is 0 Å². The van der Waals surface area contributed by atoms with Gasteiger partial charge < -0.3 is 14.1 Å². The molecule has 0 N–H and O–H groups in total. The molecule has 0 aliphatic heterocycles. The Labute approximate surface area is 138 Å². The summed E-state index contributed by atoms with van der Waals surface area (Å²) in [6.07, 6.45) is 6.65. The van der Waals surface area contributed by atoms with Crippen LogP contribution in [0, 0.1) is 20.0 Å². The summed E-state index contributed by atoms with van der Waals surface area (Å²) in [5.41, 5.74) is 5.77. The fraction of sp³-hybridized carbons (Fsp3) is 0.250. The van der Waals surface area contributed by atoms with Crippen LogP contribution in [0.4, 0.5) is 0 Å². The van der Waals surface area contributed by atoms with Crippen molar-refractivity contribution in [1.29, 1.82) is 0 Å². The summed E-state index contributed by atoms with van der Waals surface area (Å²) in [4.78, 5) is 8.59. The zero-order chi connectivity index (χ0) is 14.3. The summed E-state index contributed by atoms with van der Waals surface area (Å²) < 4.78 is 4.03. The molecule has 2 aromatic heterocycles. The van der Waals surface area contributed by atoms with E-state index >= 15 is 0 Å². The van der Waals surface area contributed by atoms with Gasteiger partial charge in [-0.3, -0.25) is 4.98 Å². The minimum Gasteiger partial charge on any atom is -0.404 e. The first-order valence-corrected chi connectivity index (χ1v) is 6.57. The molecule has 5 heteroatoms. The Balaban J connectivity index is 0.00000161. The Morgan fingerprint density at radius 1 is 1.10 bits per heavy atom. The number of imidazole rings is 2. The van der Waals surface area contributed by atoms with Crippen LogP contribution in [0.5, 0.6) is 0 Å². The fourth-order valence-corrected chi connectivity index (χ4v) is 2.60. The van der Waals surface area contributed by atoms with Crippen molar-refractivity contribution in [3.05, 3.63) is 48.0 Å². The van der Waals surface area contributed by atoms with Crippen LogP contribution < -0.4 is 0 Å². The van der Waals surface area contributed by atoms with E-state index in [1.54, 1.807) is 6.33 Å². The van der Waals surface area contributed by atoms with Gasteiger partial charge in [0.2, 0.25) is 0 Å². The van der Waals surface area contributed by atoms with Crippen LogP contribution in [-0.4, -0.2) is 19.1 Å². The normalized spacial score (nSPS) is 10.5. The third-order valence-electron chi connectivity index (χ3n) is 3.69.